The molecule has 1 aromatic heterocycles. The van der Waals surface area contributed by atoms with Crippen LogP contribution in [0, 0.1) is 0 Å². The van der Waals surface area contributed by atoms with Gasteiger partial charge in [0.2, 0.25) is 0 Å². The first-order valence-electron chi connectivity index (χ1n) is 7.61. The van der Waals surface area contributed by atoms with E-state index in [0.717, 1.165) is 10.6 Å². The molecule has 0 aliphatic carbocycles. The molecule has 0 aliphatic heterocycles. The summed E-state index contributed by atoms with van der Waals surface area (Å²) < 4.78 is 0. The van der Waals surface area contributed by atoms with E-state index in [0.29, 0.717) is 0 Å². The van der Waals surface area contributed by atoms with Crippen LogP contribution in [-0.2, 0) is 6.61 Å². The van der Waals surface area contributed by atoms with Crippen molar-refractivity contribution in [2.75, 3.05) is 0 Å². The highest BCUT2D eigenvalue weighted by Gasteiger charge is 2.18. The SMILES string of the molecule is Bc1ccc(C(Sc2ncccc2CO)c2ccccc2)cc1. The Kier molecular flexibility index (Phi) is 5.16. The number of thioether (sulfide) groups is 1. The molecule has 1 atom stereocenters. The van der Waals surface area contributed by atoms with Crippen LogP contribution in [0.25, 0.3) is 0 Å². The number of hydrogen-bond donors (Lipinski definition) is 1. The summed E-state index contributed by atoms with van der Waals surface area (Å²) in [5.74, 6) is 0. The summed E-state index contributed by atoms with van der Waals surface area (Å²) in [6.07, 6.45) is 1.78. The molecule has 4 heteroatoms. The summed E-state index contributed by atoms with van der Waals surface area (Å²) in [6, 6.07) is 22.8. The summed E-state index contributed by atoms with van der Waals surface area (Å²) in [5.41, 5.74) is 4.59. The van der Waals surface area contributed by atoms with Crippen LogP contribution in [0.2, 0.25) is 0 Å². The van der Waals surface area contributed by atoms with Crippen LogP contribution in [-0.4, -0.2) is 17.9 Å². The Labute approximate surface area is 142 Å². The predicted octanol–water partition coefficient (Wildman–Crippen LogP) is 2.71. The number of nitrogens with zero attached hydrogens (tertiary/aromatic N) is 1. The minimum atomic E-state index is 0.00554. The first-order chi connectivity index (χ1) is 11.3. The standard InChI is InChI=1S/C19H18BNOS/c20-17-10-8-15(9-11-17)18(14-5-2-1-3-6-14)23-19-16(13-22)7-4-12-21-19/h1-12,18,22H,13,20H2. The summed E-state index contributed by atoms with van der Waals surface area (Å²) in [5, 5.41) is 10.6. The van der Waals surface area contributed by atoms with Gasteiger partial charge in [-0.05, 0) is 17.2 Å². The molecule has 0 spiro atoms. The van der Waals surface area contributed by atoms with Crippen molar-refractivity contribution in [2.24, 2.45) is 0 Å². The summed E-state index contributed by atoms with van der Waals surface area (Å²) in [6.45, 7) is 0.00554. The summed E-state index contributed by atoms with van der Waals surface area (Å²) in [7, 11) is 2.09. The van der Waals surface area contributed by atoms with Crippen molar-refractivity contribution in [1.82, 2.24) is 4.98 Å². The predicted molar refractivity (Wildman–Crippen MR) is 98.9 cm³/mol. The van der Waals surface area contributed by atoms with Crippen LogP contribution in [0.4, 0.5) is 0 Å². The molecule has 0 saturated carbocycles. The third-order valence-electron chi connectivity index (χ3n) is 3.73. The monoisotopic (exact) mass is 319 g/mol. The van der Waals surface area contributed by atoms with Gasteiger partial charge in [-0.3, -0.25) is 0 Å². The van der Waals surface area contributed by atoms with Crippen LogP contribution in [0.15, 0.2) is 78.0 Å². The molecular weight excluding hydrogens is 301 g/mol. The lowest BCUT2D eigenvalue weighted by molar-refractivity contribution is 0.278. The van der Waals surface area contributed by atoms with E-state index < -0.39 is 0 Å². The number of pyridine rings is 1. The molecule has 1 heterocycles. The fourth-order valence-corrected chi connectivity index (χ4v) is 3.68. The maximum absolute atomic E-state index is 9.56. The zero-order valence-electron chi connectivity index (χ0n) is 13.0. The van der Waals surface area contributed by atoms with Gasteiger partial charge in [0, 0.05) is 11.8 Å². The molecule has 1 N–H and O–H groups in total. The molecule has 0 bridgehead atoms. The van der Waals surface area contributed by atoms with Crippen LogP contribution in [0.5, 0.6) is 0 Å². The van der Waals surface area contributed by atoms with E-state index in [4.69, 9.17) is 0 Å². The van der Waals surface area contributed by atoms with Gasteiger partial charge >= 0.3 is 0 Å². The van der Waals surface area contributed by atoms with Crippen LogP contribution >= 0.6 is 11.8 Å². The smallest absolute Gasteiger partial charge is 0.139 e. The van der Waals surface area contributed by atoms with Gasteiger partial charge in [0.25, 0.3) is 0 Å². The maximum Gasteiger partial charge on any atom is 0.139 e. The molecule has 1 unspecified atom stereocenters. The van der Waals surface area contributed by atoms with Gasteiger partial charge in [-0.15, -0.1) is 0 Å². The van der Waals surface area contributed by atoms with Crippen LogP contribution in [0.1, 0.15) is 21.9 Å². The lowest BCUT2D eigenvalue weighted by atomic mass is 9.94. The molecule has 0 aliphatic rings. The number of benzene rings is 2. The van der Waals surface area contributed by atoms with Gasteiger partial charge in [-0.2, -0.15) is 0 Å². The molecule has 114 valence electrons. The first kappa shape index (κ1) is 15.8. The third kappa shape index (κ3) is 3.84. The molecule has 0 fully saturated rings. The Morgan fingerprint density at radius 2 is 1.61 bits per heavy atom. The molecule has 3 aromatic rings. The van der Waals surface area contributed by atoms with E-state index in [2.05, 4.69) is 61.4 Å². The Morgan fingerprint density at radius 1 is 0.913 bits per heavy atom. The van der Waals surface area contributed by atoms with Gasteiger partial charge < -0.3 is 5.11 Å². The van der Waals surface area contributed by atoms with E-state index in [1.165, 1.54) is 16.6 Å². The van der Waals surface area contributed by atoms with E-state index in [1.54, 1.807) is 18.0 Å². The normalized spacial score (nSPS) is 12.0. The zero-order valence-corrected chi connectivity index (χ0v) is 13.8. The lowest BCUT2D eigenvalue weighted by Gasteiger charge is -2.18. The van der Waals surface area contributed by atoms with Crippen LogP contribution in [0.3, 0.4) is 0 Å². The molecular formula is C19H18BNOS. The second kappa shape index (κ2) is 7.49. The highest BCUT2D eigenvalue weighted by molar-refractivity contribution is 7.99. The number of rotatable bonds is 5. The Balaban J connectivity index is 2.00. The first-order valence-corrected chi connectivity index (χ1v) is 8.49. The fourth-order valence-electron chi connectivity index (χ4n) is 2.46. The molecule has 3 rings (SSSR count). The largest absolute Gasteiger partial charge is 0.392 e. The van der Waals surface area contributed by atoms with Crippen molar-refractivity contribution >= 4 is 25.1 Å². The van der Waals surface area contributed by atoms with Crippen molar-refractivity contribution in [1.29, 1.82) is 0 Å². The van der Waals surface area contributed by atoms with Crippen LogP contribution < -0.4 is 5.46 Å². The summed E-state index contributed by atoms with van der Waals surface area (Å²) in [4.78, 5) is 4.46. The quantitative estimate of drug-likeness (QED) is 0.580. The Morgan fingerprint density at radius 3 is 2.30 bits per heavy atom. The zero-order chi connectivity index (χ0) is 16.1. The second-order valence-electron chi connectivity index (χ2n) is 5.45. The number of aromatic nitrogens is 1. The molecule has 0 saturated heterocycles. The highest BCUT2D eigenvalue weighted by Crippen LogP contribution is 2.40. The summed E-state index contributed by atoms with van der Waals surface area (Å²) >= 11 is 1.68. The number of hydrogen-bond acceptors (Lipinski definition) is 3. The van der Waals surface area contributed by atoms with Gasteiger partial charge in [0.05, 0.1) is 11.9 Å². The fraction of sp³-hybridized carbons (Fsp3) is 0.105. The Hall–Kier alpha value is -2.04. The third-order valence-corrected chi connectivity index (χ3v) is 5.10. The van der Waals surface area contributed by atoms with Crippen molar-refractivity contribution < 1.29 is 5.11 Å². The van der Waals surface area contributed by atoms with Crippen molar-refractivity contribution in [3.63, 3.8) is 0 Å². The van der Waals surface area contributed by atoms with Gasteiger partial charge in [-0.1, -0.05) is 77.9 Å². The Bertz CT molecular complexity index is 762. The molecule has 2 nitrogen and oxygen atoms in total. The van der Waals surface area contributed by atoms with Gasteiger partial charge in [0.15, 0.2) is 0 Å². The molecule has 23 heavy (non-hydrogen) atoms. The molecule has 0 radical (unpaired) electrons. The van der Waals surface area contributed by atoms with Crippen molar-refractivity contribution in [3.8, 4) is 0 Å². The second-order valence-corrected chi connectivity index (χ2v) is 6.54. The minimum absolute atomic E-state index is 0.00554. The minimum Gasteiger partial charge on any atom is -0.392 e. The lowest BCUT2D eigenvalue weighted by Crippen LogP contribution is -2.04. The number of aliphatic hydroxyl groups excluding tert-OH is 1. The average Bonchev–Trinajstić information content (AvgIpc) is 2.61. The van der Waals surface area contributed by atoms with Crippen molar-refractivity contribution in [3.05, 3.63) is 89.6 Å². The topological polar surface area (TPSA) is 33.1 Å². The van der Waals surface area contributed by atoms with E-state index in [9.17, 15) is 5.11 Å². The molecule has 0 amide bonds. The van der Waals surface area contributed by atoms with E-state index in [1.807, 2.05) is 18.2 Å². The van der Waals surface area contributed by atoms with E-state index >= 15 is 0 Å². The van der Waals surface area contributed by atoms with E-state index in [-0.39, 0.29) is 11.9 Å². The van der Waals surface area contributed by atoms with Gasteiger partial charge in [0.1, 0.15) is 12.9 Å². The van der Waals surface area contributed by atoms with Crippen molar-refractivity contribution in [2.45, 2.75) is 16.9 Å². The maximum atomic E-state index is 9.56. The average molecular weight is 319 g/mol. The molecule has 2 aromatic carbocycles. The number of aliphatic hydroxyl groups is 1. The highest BCUT2D eigenvalue weighted by atomic mass is 32.2. The van der Waals surface area contributed by atoms with Gasteiger partial charge in [-0.25, -0.2) is 4.98 Å².